The second-order valence-corrected chi connectivity index (χ2v) is 7.12. The van der Waals surface area contributed by atoms with Gasteiger partial charge in [-0.2, -0.15) is 4.31 Å². The van der Waals surface area contributed by atoms with Crippen LogP contribution in [0.5, 0.6) is 0 Å². The molecule has 1 N–H and O–H groups in total. The van der Waals surface area contributed by atoms with Gasteiger partial charge < -0.3 is 5.32 Å². The highest BCUT2D eigenvalue weighted by atomic mass is 32.2. The first-order valence-electron chi connectivity index (χ1n) is 7.15. The van der Waals surface area contributed by atoms with Crippen molar-refractivity contribution >= 4 is 10.0 Å². The maximum Gasteiger partial charge on any atom is 0.243 e. The molecular formula is C15H26N2O2S. The standard InChI is InChI=1S/C15H26N2O2S/c1-6-12(3)17(5)20(18,19)15-10-8-14(9-11-15)13(4)16-7-2/h8-13,16H,6-7H2,1-5H3. The van der Waals surface area contributed by atoms with E-state index in [4.69, 9.17) is 0 Å². The summed E-state index contributed by atoms with van der Waals surface area (Å²) in [7, 11) is -1.75. The van der Waals surface area contributed by atoms with Crippen molar-refractivity contribution in [2.75, 3.05) is 13.6 Å². The molecule has 0 amide bonds. The molecule has 0 aliphatic heterocycles. The first-order chi connectivity index (χ1) is 9.34. The predicted octanol–water partition coefficient (Wildman–Crippen LogP) is 2.78. The summed E-state index contributed by atoms with van der Waals surface area (Å²) in [5.74, 6) is 0. The highest BCUT2D eigenvalue weighted by Gasteiger charge is 2.24. The molecule has 0 saturated carbocycles. The zero-order valence-electron chi connectivity index (χ0n) is 13.1. The Balaban J connectivity index is 2.98. The first kappa shape index (κ1) is 17.1. The smallest absolute Gasteiger partial charge is 0.243 e. The van der Waals surface area contributed by atoms with E-state index in [1.54, 1.807) is 19.2 Å². The third-order valence-electron chi connectivity index (χ3n) is 3.78. The minimum absolute atomic E-state index is 0.000332. The van der Waals surface area contributed by atoms with Crippen LogP contribution in [0.1, 0.15) is 45.7 Å². The summed E-state index contributed by atoms with van der Waals surface area (Å²) in [6.07, 6.45) is 0.797. The fraction of sp³-hybridized carbons (Fsp3) is 0.600. The lowest BCUT2D eigenvalue weighted by molar-refractivity contribution is 0.380. The third-order valence-corrected chi connectivity index (χ3v) is 5.76. The van der Waals surface area contributed by atoms with Crippen molar-refractivity contribution in [3.05, 3.63) is 29.8 Å². The monoisotopic (exact) mass is 298 g/mol. The molecular weight excluding hydrogens is 272 g/mol. The van der Waals surface area contributed by atoms with E-state index >= 15 is 0 Å². The highest BCUT2D eigenvalue weighted by Crippen LogP contribution is 2.20. The first-order valence-corrected chi connectivity index (χ1v) is 8.59. The number of nitrogens with one attached hydrogen (secondary N) is 1. The Morgan fingerprint density at radius 3 is 2.15 bits per heavy atom. The average Bonchev–Trinajstić information content (AvgIpc) is 2.45. The van der Waals surface area contributed by atoms with Gasteiger partial charge in [0.1, 0.15) is 0 Å². The zero-order chi connectivity index (χ0) is 15.3. The van der Waals surface area contributed by atoms with E-state index in [1.807, 2.05) is 26.0 Å². The van der Waals surface area contributed by atoms with Crippen LogP contribution >= 0.6 is 0 Å². The van der Waals surface area contributed by atoms with Gasteiger partial charge in [-0.25, -0.2) is 8.42 Å². The Hall–Kier alpha value is -0.910. The Labute approximate surface area is 123 Å². The maximum atomic E-state index is 12.4. The van der Waals surface area contributed by atoms with Gasteiger partial charge in [0.2, 0.25) is 10.0 Å². The largest absolute Gasteiger partial charge is 0.310 e. The van der Waals surface area contributed by atoms with Crippen LogP contribution in [0.25, 0.3) is 0 Å². The molecule has 0 spiro atoms. The fourth-order valence-corrected chi connectivity index (χ4v) is 3.45. The average molecular weight is 298 g/mol. The van der Waals surface area contributed by atoms with E-state index in [1.165, 1.54) is 4.31 Å². The van der Waals surface area contributed by atoms with Gasteiger partial charge >= 0.3 is 0 Å². The number of rotatable bonds is 7. The van der Waals surface area contributed by atoms with E-state index < -0.39 is 10.0 Å². The molecule has 2 atom stereocenters. The number of nitrogens with zero attached hydrogens (tertiary/aromatic N) is 1. The molecule has 1 aromatic rings. The summed E-state index contributed by atoms with van der Waals surface area (Å²) in [5, 5.41) is 3.31. The van der Waals surface area contributed by atoms with Gasteiger partial charge in [0.25, 0.3) is 0 Å². The van der Waals surface area contributed by atoms with Crippen LogP contribution in [-0.2, 0) is 10.0 Å². The Morgan fingerprint density at radius 2 is 1.70 bits per heavy atom. The molecule has 4 nitrogen and oxygen atoms in total. The molecule has 0 saturated heterocycles. The molecule has 0 bridgehead atoms. The fourth-order valence-electron chi connectivity index (χ4n) is 2.01. The van der Waals surface area contributed by atoms with E-state index in [0.717, 1.165) is 18.5 Å². The van der Waals surface area contributed by atoms with Crippen LogP contribution in [0.15, 0.2) is 29.2 Å². The Morgan fingerprint density at radius 1 is 1.15 bits per heavy atom. The summed E-state index contributed by atoms with van der Waals surface area (Å²) in [5.41, 5.74) is 1.09. The van der Waals surface area contributed by atoms with Crippen LogP contribution in [0.4, 0.5) is 0 Å². The van der Waals surface area contributed by atoms with Gasteiger partial charge in [-0.05, 0) is 44.5 Å². The van der Waals surface area contributed by atoms with Crippen LogP contribution in [0.3, 0.4) is 0 Å². The molecule has 0 fully saturated rings. The molecule has 0 aromatic heterocycles. The van der Waals surface area contributed by atoms with Crippen molar-refractivity contribution in [3.8, 4) is 0 Å². The SMILES string of the molecule is CCNC(C)c1ccc(S(=O)(=O)N(C)C(C)CC)cc1. The molecule has 0 heterocycles. The Bertz CT molecular complexity index is 511. The van der Waals surface area contributed by atoms with E-state index in [2.05, 4.69) is 19.2 Å². The van der Waals surface area contributed by atoms with Gasteiger partial charge in [0, 0.05) is 19.1 Å². The number of sulfonamides is 1. The molecule has 1 rings (SSSR count). The zero-order valence-corrected chi connectivity index (χ0v) is 13.9. The summed E-state index contributed by atoms with van der Waals surface area (Å²) in [6, 6.07) is 7.37. The predicted molar refractivity (Wildman–Crippen MR) is 83.2 cm³/mol. The molecule has 0 aliphatic carbocycles. The summed E-state index contributed by atoms with van der Waals surface area (Å²) in [4.78, 5) is 0.354. The molecule has 114 valence electrons. The second kappa shape index (κ2) is 7.20. The minimum Gasteiger partial charge on any atom is -0.310 e. The number of hydrogen-bond acceptors (Lipinski definition) is 3. The Kier molecular flexibility index (Phi) is 6.17. The molecule has 0 radical (unpaired) electrons. The summed E-state index contributed by atoms with van der Waals surface area (Å²) in [6.45, 7) is 8.91. The molecule has 5 heteroatoms. The van der Waals surface area contributed by atoms with Crippen LogP contribution in [0, 0.1) is 0 Å². The third kappa shape index (κ3) is 3.81. The molecule has 1 aromatic carbocycles. The van der Waals surface area contributed by atoms with Gasteiger partial charge in [-0.15, -0.1) is 0 Å². The lowest BCUT2D eigenvalue weighted by Crippen LogP contribution is -2.34. The quantitative estimate of drug-likeness (QED) is 0.842. The van der Waals surface area contributed by atoms with Gasteiger partial charge in [-0.3, -0.25) is 0 Å². The van der Waals surface area contributed by atoms with Crippen molar-refractivity contribution in [3.63, 3.8) is 0 Å². The van der Waals surface area contributed by atoms with Gasteiger partial charge in [0.05, 0.1) is 4.90 Å². The highest BCUT2D eigenvalue weighted by molar-refractivity contribution is 7.89. The van der Waals surface area contributed by atoms with E-state index in [-0.39, 0.29) is 12.1 Å². The van der Waals surface area contributed by atoms with Gasteiger partial charge in [-0.1, -0.05) is 26.0 Å². The lowest BCUT2D eigenvalue weighted by Gasteiger charge is -2.23. The summed E-state index contributed by atoms with van der Waals surface area (Å²) < 4.78 is 26.3. The van der Waals surface area contributed by atoms with Crippen molar-refractivity contribution in [1.29, 1.82) is 0 Å². The number of benzene rings is 1. The van der Waals surface area contributed by atoms with Crippen molar-refractivity contribution in [1.82, 2.24) is 9.62 Å². The molecule has 2 unspecified atom stereocenters. The minimum atomic E-state index is -3.39. The van der Waals surface area contributed by atoms with Crippen molar-refractivity contribution in [2.45, 2.75) is 51.1 Å². The van der Waals surface area contributed by atoms with Crippen molar-refractivity contribution in [2.24, 2.45) is 0 Å². The molecule has 0 aliphatic rings. The summed E-state index contributed by atoms with van der Waals surface area (Å²) >= 11 is 0. The van der Waals surface area contributed by atoms with Crippen LogP contribution in [-0.4, -0.2) is 32.4 Å². The van der Waals surface area contributed by atoms with Gasteiger partial charge in [0.15, 0.2) is 0 Å². The molecule has 20 heavy (non-hydrogen) atoms. The second-order valence-electron chi connectivity index (χ2n) is 5.13. The van der Waals surface area contributed by atoms with Crippen molar-refractivity contribution < 1.29 is 8.42 Å². The number of hydrogen-bond donors (Lipinski definition) is 1. The van der Waals surface area contributed by atoms with E-state index in [9.17, 15) is 8.42 Å². The topological polar surface area (TPSA) is 49.4 Å². The normalized spacial score (nSPS) is 15.3. The van der Waals surface area contributed by atoms with E-state index in [0.29, 0.717) is 4.90 Å². The maximum absolute atomic E-state index is 12.4. The van der Waals surface area contributed by atoms with Crippen LogP contribution in [0.2, 0.25) is 0 Å². The lowest BCUT2D eigenvalue weighted by atomic mass is 10.1. The van der Waals surface area contributed by atoms with Crippen LogP contribution < -0.4 is 5.32 Å².